The molecule has 2 rings (SSSR count). The predicted octanol–water partition coefficient (Wildman–Crippen LogP) is 3.26. The molecule has 1 aliphatic heterocycles. The molecule has 0 atom stereocenters. The summed E-state index contributed by atoms with van der Waals surface area (Å²) in [5.74, 6) is -0.540. The second-order valence-electron chi connectivity index (χ2n) is 6.49. The van der Waals surface area contributed by atoms with Crippen LogP contribution in [0.15, 0.2) is 24.3 Å². The molecule has 0 bridgehead atoms. The van der Waals surface area contributed by atoms with Crippen molar-refractivity contribution >= 4 is 5.91 Å². The quantitative estimate of drug-likeness (QED) is 0.794. The lowest BCUT2D eigenvalue weighted by atomic mass is 10.0. The van der Waals surface area contributed by atoms with Crippen LogP contribution in [0.25, 0.3) is 0 Å². The van der Waals surface area contributed by atoms with Crippen LogP contribution in [-0.4, -0.2) is 47.4 Å². The molecule has 1 aliphatic rings. The highest BCUT2D eigenvalue weighted by Crippen LogP contribution is 2.32. The average Bonchev–Trinajstić information content (AvgIpc) is 2.45. The number of piperazine rings is 1. The van der Waals surface area contributed by atoms with E-state index < -0.39 is 17.6 Å². The van der Waals surface area contributed by atoms with E-state index in [1.54, 1.807) is 0 Å². The van der Waals surface area contributed by atoms with Crippen molar-refractivity contribution in [3.8, 4) is 0 Å². The van der Waals surface area contributed by atoms with Crippen molar-refractivity contribution in [1.29, 1.82) is 0 Å². The first-order chi connectivity index (χ1) is 10.1. The van der Waals surface area contributed by atoms with Gasteiger partial charge < -0.3 is 4.90 Å². The Morgan fingerprint density at radius 3 is 2.05 bits per heavy atom. The minimum Gasteiger partial charge on any atom is -0.336 e. The standard InChI is InChI=1S/C16H21F3N2O/c1-15(2,3)21-10-8-20(9-11-21)14(22)12-6-4-5-7-13(12)16(17,18)19/h4-7H,8-11H2,1-3H3. The van der Waals surface area contributed by atoms with Gasteiger partial charge in [0.05, 0.1) is 11.1 Å². The molecule has 0 N–H and O–H groups in total. The third kappa shape index (κ3) is 3.61. The SMILES string of the molecule is CC(C)(C)N1CCN(C(=O)c2ccccc2C(F)(F)F)CC1. The zero-order chi connectivity index (χ0) is 16.5. The van der Waals surface area contributed by atoms with E-state index in [0.717, 1.165) is 6.07 Å². The molecule has 1 heterocycles. The van der Waals surface area contributed by atoms with E-state index in [2.05, 4.69) is 25.7 Å². The summed E-state index contributed by atoms with van der Waals surface area (Å²) >= 11 is 0. The molecule has 0 unspecified atom stereocenters. The normalized spacial score (nSPS) is 17.6. The van der Waals surface area contributed by atoms with Gasteiger partial charge >= 0.3 is 6.18 Å². The number of nitrogens with zero attached hydrogens (tertiary/aromatic N) is 2. The van der Waals surface area contributed by atoms with E-state index in [1.807, 2.05) is 0 Å². The van der Waals surface area contributed by atoms with Crippen molar-refractivity contribution in [3.63, 3.8) is 0 Å². The Morgan fingerprint density at radius 1 is 1.00 bits per heavy atom. The fraction of sp³-hybridized carbons (Fsp3) is 0.562. The van der Waals surface area contributed by atoms with Crippen LogP contribution in [-0.2, 0) is 6.18 Å². The molecule has 22 heavy (non-hydrogen) atoms. The Balaban J connectivity index is 2.15. The molecular weight excluding hydrogens is 293 g/mol. The minimum absolute atomic E-state index is 0.000978. The lowest BCUT2D eigenvalue weighted by Gasteiger charge is -2.42. The second-order valence-corrected chi connectivity index (χ2v) is 6.49. The molecule has 1 aromatic carbocycles. The summed E-state index contributed by atoms with van der Waals surface area (Å²) in [6.45, 7) is 8.49. The number of hydrogen-bond acceptors (Lipinski definition) is 2. The minimum atomic E-state index is -4.51. The molecule has 1 aromatic rings. The van der Waals surface area contributed by atoms with Crippen molar-refractivity contribution in [2.75, 3.05) is 26.2 Å². The smallest absolute Gasteiger partial charge is 0.336 e. The molecule has 122 valence electrons. The molecule has 6 heteroatoms. The summed E-state index contributed by atoms with van der Waals surface area (Å²) in [5, 5.41) is 0. The first-order valence-electron chi connectivity index (χ1n) is 7.31. The Kier molecular flexibility index (Phi) is 4.52. The highest BCUT2D eigenvalue weighted by atomic mass is 19.4. The van der Waals surface area contributed by atoms with Crippen LogP contribution in [0, 0.1) is 0 Å². The maximum absolute atomic E-state index is 13.0. The second kappa shape index (κ2) is 5.91. The van der Waals surface area contributed by atoms with Crippen molar-refractivity contribution in [2.24, 2.45) is 0 Å². The van der Waals surface area contributed by atoms with Gasteiger partial charge in [0.25, 0.3) is 5.91 Å². The van der Waals surface area contributed by atoms with Gasteiger partial charge in [-0.3, -0.25) is 9.69 Å². The Bertz CT molecular complexity index is 541. The van der Waals surface area contributed by atoms with E-state index in [1.165, 1.54) is 23.1 Å². The molecule has 3 nitrogen and oxygen atoms in total. The van der Waals surface area contributed by atoms with E-state index in [9.17, 15) is 18.0 Å². The van der Waals surface area contributed by atoms with Crippen LogP contribution >= 0.6 is 0 Å². The maximum atomic E-state index is 13.0. The van der Waals surface area contributed by atoms with Gasteiger partial charge in [0.1, 0.15) is 0 Å². The van der Waals surface area contributed by atoms with Gasteiger partial charge in [0, 0.05) is 31.7 Å². The number of carbonyl (C=O) groups is 1. The molecule has 0 radical (unpaired) electrons. The zero-order valence-corrected chi connectivity index (χ0v) is 13.1. The fourth-order valence-corrected chi connectivity index (χ4v) is 2.67. The zero-order valence-electron chi connectivity index (χ0n) is 13.1. The van der Waals surface area contributed by atoms with E-state index in [4.69, 9.17) is 0 Å². The third-order valence-corrected chi connectivity index (χ3v) is 3.98. The fourth-order valence-electron chi connectivity index (χ4n) is 2.67. The Labute approximate surface area is 128 Å². The van der Waals surface area contributed by atoms with Crippen molar-refractivity contribution in [1.82, 2.24) is 9.80 Å². The molecule has 0 saturated carbocycles. The molecular formula is C16H21F3N2O. The van der Waals surface area contributed by atoms with E-state index in [-0.39, 0.29) is 11.1 Å². The maximum Gasteiger partial charge on any atom is 0.417 e. The Morgan fingerprint density at radius 2 is 1.55 bits per heavy atom. The van der Waals surface area contributed by atoms with Gasteiger partial charge in [-0.15, -0.1) is 0 Å². The van der Waals surface area contributed by atoms with Crippen LogP contribution in [0.3, 0.4) is 0 Å². The number of alkyl halides is 3. The molecule has 1 fully saturated rings. The molecule has 0 aromatic heterocycles. The highest BCUT2D eigenvalue weighted by Gasteiger charge is 2.36. The molecule has 1 amide bonds. The van der Waals surface area contributed by atoms with Gasteiger partial charge in [0.2, 0.25) is 0 Å². The number of rotatable bonds is 1. The van der Waals surface area contributed by atoms with E-state index in [0.29, 0.717) is 26.2 Å². The van der Waals surface area contributed by atoms with E-state index >= 15 is 0 Å². The third-order valence-electron chi connectivity index (χ3n) is 3.98. The number of amides is 1. The lowest BCUT2D eigenvalue weighted by Crippen LogP contribution is -2.54. The number of benzene rings is 1. The summed E-state index contributed by atoms with van der Waals surface area (Å²) in [6.07, 6.45) is -4.51. The number of hydrogen-bond donors (Lipinski definition) is 0. The topological polar surface area (TPSA) is 23.6 Å². The van der Waals surface area contributed by atoms with Gasteiger partial charge in [0.15, 0.2) is 0 Å². The largest absolute Gasteiger partial charge is 0.417 e. The first kappa shape index (κ1) is 16.8. The van der Waals surface area contributed by atoms with Crippen LogP contribution in [0.4, 0.5) is 13.2 Å². The van der Waals surface area contributed by atoms with Gasteiger partial charge in [-0.1, -0.05) is 12.1 Å². The summed E-state index contributed by atoms with van der Waals surface area (Å²) in [6, 6.07) is 4.98. The molecule has 0 spiro atoms. The number of carbonyl (C=O) groups excluding carboxylic acids is 1. The lowest BCUT2D eigenvalue weighted by molar-refractivity contribution is -0.138. The average molecular weight is 314 g/mol. The number of halogens is 3. The summed E-state index contributed by atoms with van der Waals surface area (Å²) in [4.78, 5) is 16.2. The van der Waals surface area contributed by atoms with Crippen LogP contribution in [0.5, 0.6) is 0 Å². The Hall–Kier alpha value is -1.56. The van der Waals surface area contributed by atoms with Crippen LogP contribution < -0.4 is 0 Å². The van der Waals surface area contributed by atoms with Gasteiger partial charge in [-0.05, 0) is 32.9 Å². The molecule has 1 saturated heterocycles. The van der Waals surface area contributed by atoms with Crippen molar-refractivity contribution in [3.05, 3.63) is 35.4 Å². The van der Waals surface area contributed by atoms with Crippen LogP contribution in [0.2, 0.25) is 0 Å². The van der Waals surface area contributed by atoms with Crippen molar-refractivity contribution < 1.29 is 18.0 Å². The predicted molar refractivity (Wildman–Crippen MR) is 78.7 cm³/mol. The van der Waals surface area contributed by atoms with Crippen LogP contribution in [0.1, 0.15) is 36.7 Å². The summed E-state index contributed by atoms with van der Waals surface area (Å²) in [5.41, 5.74) is -1.13. The molecule has 0 aliphatic carbocycles. The summed E-state index contributed by atoms with van der Waals surface area (Å²) in [7, 11) is 0. The summed E-state index contributed by atoms with van der Waals surface area (Å²) < 4.78 is 39.0. The first-order valence-corrected chi connectivity index (χ1v) is 7.31. The highest BCUT2D eigenvalue weighted by molar-refractivity contribution is 5.96. The van der Waals surface area contributed by atoms with Gasteiger partial charge in [-0.25, -0.2) is 0 Å². The van der Waals surface area contributed by atoms with Gasteiger partial charge in [-0.2, -0.15) is 13.2 Å². The monoisotopic (exact) mass is 314 g/mol. The van der Waals surface area contributed by atoms with Crippen molar-refractivity contribution in [2.45, 2.75) is 32.5 Å².